The lowest BCUT2D eigenvalue weighted by atomic mass is 10.1. The van der Waals surface area contributed by atoms with Gasteiger partial charge in [0.05, 0.1) is 12.2 Å². The van der Waals surface area contributed by atoms with Crippen LogP contribution in [-0.4, -0.2) is 24.5 Å². The molecule has 0 aliphatic heterocycles. The van der Waals surface area contributed by atoms with Crippen molar-refractivity contribution in [1.82, 2.24) is 15.6 Å². The van der Waals surface area contributed by atoms with Gasteiger partial charge in [0.2, 0.25) is 0 Å². The number of hydrogen-bond donors (Lipinski definition) is 2. The second kappa shape index (κ2) is 9.61. The summed E-state index contributed by atoms with van der Waals surface area (Å²) in [5, 5.41) is 9.06. The molecule has 2 rings (SSSR count). The Morgan fingerprint density at radius 2 is 1.95 bits per heavy atom. The minimum atomic E-state index is 0. The van der Waals surface area contributed by atoms with Crippen LogP contribution in [0.15, 0.2) is 41.5 Å². The summed E-state index contributed by atoms with van der Waals surface area (Å²) in [6.07, 6.45) is 2.99. The normalized spacial score (nSPS) is 11.4. The van der Waals surface area contributed by atoms with Gasteiger partial charge in [0.1, 0.15) is 0 Å². The van der Waals surface area contributed by atoms with E-state index in [4.69, 9.17) is 0 Å². The maximum Gasteiger partial charge on any atom is 0.191 e. The number of nitrogens with zero attached hydrogens (tertiary/aromatic N) is 2. The highest BCUT2D eigenvalue weighted by Gasteiger charge is 2.03. The quantitative estimate of drug-likeness (QED) is 0.449. The first kappa shape index (κ1) is 18.7. The van der Waals surface area contributed by atoms with Crippen LogP contribution in [0.1, 0.15) is 26.0 Å². The van der Waals surface area contributed by atoms with Gasteiger partial charge in [-0.25, -0.2) is 0 Å². The van der Waals surface area contributed by atoms with Crippen LogP contribution in [0.3, 0.4) is 0 Å². The standard InChI is InChI=1S/C17H24N4.HI/c1-13(2)8-10-20-17(18-3)21-12-16-15-7-5-4-6-14(15)9-11-19-16;/h4-7,9,11,13H,8,10,12H2,1-3H3,(H2,18,20,21);1H. The number of pyridine rings is 1. The molecule has 1 aromatic carbocycles. The Morgan fingerprint density at radius 3 is 2.68 bits per heavy atom. The van der Waals surface area contributed by atoms with Crippen LogP contribution in [0.4, 0.5) is 0 Å². The molecule has 0 spiro atoms. The molecule has 2 N–H and O–H groups in total. The third-order valence-electron chi connectivity index (χ3n) is 3.42. The molecule has 0 aliphatic carbocycles. The SMILES string of the molecule is CN=C(NCCC(C)C)NCc1nccc2ccccc12.I. The zero-order chi connectivity index (χ0) is 15.1. The maximum atomic E-state index is 4.48. The van der Waals surface area contributed by atoms with E-state index in [9.17, 15) is 0 Å². The van der Waals surface area contributed by atoms with E-state index in [1.54, 1.807) is 7.05 Å². The molecule has 0 unspecified atom stereocenters. The second-order valence-corrected chi connectivity index (χ2v) is 5.51. The Morgan fingerprint density at radius 1 is 1.18 bits per heavy atom. The van der Waals surface area contributed by atoms with E-state index in [0.717, 1.165) is 24.6 Å². The predicted molar refractivity (Wildman–Crippen MR) is 105 cm³/mol. The number of aliphatic imine (C=N–C) groups is 1. The van der Waals surface area contributed by atoms with E-state index in [1.807, 2.05) is 24.4 Å². The van der Waals surface area contributed by atoms with Gasteiger partial charge in [0.25, 0.3) is 0 Å². The summed E-state index contributed by atoms with van der Waals surface area (Å²) in [7, 11) is 1.79. The van der Waals surface area contributed by atoms with Gasteiger partial charge >= 0.3 is 0 Å². The Labute approximate surface area is 149 Å². The summed E-state index contributed by atoms with van der Waals surface area (Å²) in [6.45, 7) is 6.04. The Hall–Kier alpha value is -1.37. The highest BCUT2D eigenvalue weighted by molar-refractivity contribution is 14.0. The molecule has 5 heteroatoms. The van der Waals surface area contributed by atoms with Crippen molar-refractivity contribution in [1.29, 1.82) is 0 Å². The Balaban J connectivity index is 0.00000242. The van der Waals surface area contributed by atoms with Crippen molar-refractivity contribution in [2.75, 3.05) is 13.6 Å². The molecule has 0 atom stereocenters. The van der Waals surface area contributed by atoms with Crippen molar-refractivity contribution in [2.24, 2.45) is 10.9 Å². The lowest BCUT2D eigenvalue weighted by Gasteiger charge is -2.13. The fourth-order valence-electron chi connectivity index (χ4n) is 2.19. The van der Waals surface area contributed by atoms with E-state index in [2.05, 4.69) is 46.6 Å². The molecule has 0 saturated carbocycles. The number of rotatable bonds is 5. The van der Waals surface area contributed by atoms with Gasteiger partial charge in [0, 0.05) is 25.2 Å². The number of hydrogen-bond acceptors (Lipinski definition) is 2. The summed E-state index contributed by atoms with van der Waals surface area (Å²) in [4.78, 5) is 8.72. The Bertz CT molecular complexity index is 605. The van der Waals surface area contributed by atoms with Gasteiger partial charge in [-0.05, 0) is 23.8 Å². The second-order valence-electron chi connectivity index (χ2n) is 5.51. The summed E-state index contributed by atoms with van der Waals surface area (Å²) in [5.74, 6) is 1.51. The van der Waals surface area contributed by atoms with E-state index >= 15 is 0 Å². The third kappa shape index (κ3) is 5.44. The summed E-state index contributed by atoms with van der Waals surface area (Å²) in [5.41, 5.74) is 1.04. The van der Waals surface area contributed by atoms with Crippen molar-refractivity contribution < 1.29 is 0 Å². The molecule has 0 amide bonds. The number of guanidine groups is 1. The average molecular weight is 412 g/mol. The molecule has 0 aliphatic rings. The molecule has 4 nitrogen and oxygen atoms in total. The molecule has 22 heavy (non-hydrogen) atoms. The molecule has 0 fully saturated rings. The third-order valence-corrected chi connectivity index (χ3v) is 3.42. The fourth-order valence-corrected chi connectivity index (χ4v) is 2.19. The molecule has 0 radical (unpaired) electrons. The first-order valence-electron chi connectivity index (χ1n) is 7.48. The largest absolute Gasteiger partial charge is 0.356 e. The average Bonchev–Trinajstić information content (AvgIpc) is 2.50. The summed E-state index contributed by atoms with van der Waals surface area (Å²) in [6, 6.07) is 10.3. The molecule has 1 heterocycles. The molecule has 2 aromatic rings. The number of fused-ring (bicyclic) bond motifs is 1. The summed E-state index contributed by atoms with van der Waals surface area (Å²) < 4.78 is 0. The van der Waals surface area contributed by atoms with Gasteiger partial charge in [-0.1, -0.05) is 38.1 Å². The number of aromatic nitrogens is 1. The monoisotopic (exact) mass is 412 g/mol. The number of nitrogens with one attached hydrogen (secondary N) is 2. The van der Waals surface area contributed by atoms with Crippen molar-refractivity contribution in [3.8, 4) is 0 Å². The van der Waals surface area contributed by atoms with E-state index in [0.29, 0.717) is 12.5 Å². The van der Waals surface area contributed by atoms with Crippen molar-refractivity contribution in [3.63, 3.8) is 0 Å². The highest BCUT2D eigenvalue weighted by Crippen LogP contribution is 2.15. The minimum absolute atomic E-state index is 0. The predicted octanol–water partition coefficient (Wildman–Crippen LogP) is 3.56. The molecule has 0 bridgehead atoms. The zero-order valence-electron chi connectivity index (χ0n) is 13.5. The molecule has 1 aromatic heterocycles. The van der Waals surface area contributed by atoms with E-state index in [-0.39, 0.29) is 24.0 Å². The number of halogens is 1. The topological polar surface area (TPSA) is 49.3 Å². The lowest BCUT2D eigenvalue weighted by molar-refractivity contribution is 0.573. The van der Waals surface area contributed by atoms with Crippen LogP contribution in [0.5, 0.6) is 0 Å². The van der Waals surface area contributed by atoms with Crippen LogP contribution < -0.4 is 10.6 Å². The molecule has 0 saturated heterocycles. The van der Waals surface area contributed by atoms with Gasteiger partial charge < -0.3 is 10.6 Å². The molecule has 120 valence electrons. The first-order valence-corrected chi connectivity index (χ1v) is 7.48. The number of benzene rings is 1. The minimum Gasteiger partial charge on any atom is -0.356 e. The van der Waals surface area contributed by atoms with Gasteiger partial charge in [-0.15, -0.1) is 24.0 Å². The van der Waals surface area contributed by atoms with E-state index in [1.165, 1.54) is 10.8 Å². The summed E-state index contributed by atoms with van der Waals surface area (Å²) >= 11 is 0. The van der Waals surface area contributed by atoms with Gasteiger partial charge in [0.15, 0.2) is 5.96 Å². The van der Waals surface area contributed by atoms with Crippen molar-refractivity contribution in [3.05, 3.63) is 42.2 Å². The smallest absolute Gasteiger partial charge is 0.191 e. The lowest BCUT2D eigenvalue weighted by Crippen LogP contribution is -2.37. The zero-order valence-corrected chi connectivity index (χ0v) is 15.8. The van der Waals surface area contributed by atoms with Crippen LogP contribution >= 0.6 is 24.0 Å². The maximum absolute atomic E-state index is 4.48. The van der Waals surface area contributed by atoms with Gasteiger partial charge in [-0.2, -0.15) is 0 Å². The molecular weight excluding hydrogens is 387 g/mol. The van der Waals surface area contributed by atoms with Crippen LogP contribution in [0.2, 0.25) is 0 Å². The van der Waals surface area contributed by atoms with Gasteiger partial charge in [-0.3, -0.25) is 9.98 Å². The van der Waals surface area contributed by atoms with Crippen molar-refractivity contribution >= 4 is 40.7 Å². The van der Waals surface area contributed by atoms with Crippen molar-refractivity contribution in [2.45, 2.75) is 26.8 Å². The first-order chi connectivity index (χ1) is 10.2. The molecular formula is C17H25IN4. The Kier molecular flexibility index (Phi) is 8.16. The van der Waals surface area contributed by atoms with E-state index < -0.39 is 0 Å². The fraction of sp³-hybridized carbons (Fsp3) is 0.412. The highest BCUT2D eigenvalue weighted by atomic mass is 127. The van der Waals surface area contributed by atoms with Crippen LogP contribution in [0.25, 0.3) is 10.8 Å². The van der Waals surface area contributed by atoms with Crippen LogP contribution in [-0.2, 0) is 6.54 Å². The van der Waals surface area contributed by atoms with Crippen LogP contribution in [0, 0.1) is 5.92 Å².